The van der Waals surface area contributed by atoms with E-state index in [4.69, 9.17) is 9.72 Å². The van der Waals surface area contributed by atoms with Gasteiger partial charge in [0.05, 0.1) is 35.5 Å². The SMILES string of the molecule is C=C(C)c1cccc(NC(=O)C2(CC)CCN(c3ccc(-c4cc(OCC)cn5ncc(C#N)c45)cn3)CC2)c1. The number of hydrogen-bond donors (Lipinski definition) is 1. The highest BCUT2D eigenvalue weighted by atomic mass is 16.5. The number of nitrogens with zero attached hydrogens (tertiary/aromatic N) is 5. The van der Waals surface area contributed by atoms with Gasteiger partial charge in [0, 0.05) is 36.1 Å². The van der Waals surface area contributed by atoms with Gasteiger partial charge in [-0.3, -0.25) is 4.79 Å². The molecule has 1 saturated heterocycles. The van der Waals surface area contributed by atoms with E-state index in [0.29, 0.717) is 17.9 Å². The largest absolute Gasteiger partial charge is 0.492 e. The number of allylic oxidation sites excluding steroid dienone is 1. The number of carbonyl (C=O) groups excluding carboxylic acids is 1. The predicted octanol–water partition coefficient (Wildman–Crippen LogP) is 6.34. The second-order valence-electron chi connectivity index (χ2n) is 10.3. The molecule has 0 radical (unpaired) electrons. The number of anilines is 2. The van der Waals surface area contributed by atoms with Crippen molar-refractivity contribution in [3.63, 3.8) is 0 Å². The Labute approximate surface area is 234 Å². The van der Waals surface area contributed by atoms with Crippen LogP contribution in [0.25, 0.3) is 22.2 Å². The minimum absolute atomic E-state index is 0.0733. The third-order valence-corrected chi connectivity index (χ3v) is 7.89. The van der Waals surface area contributed by atoms with Crippen LogP contribution in [-0.4, -0.2) is 40.2 Å². The van der Waals surface area contributed by atoms with Crippen molar-refractivity contribution in [3.05, 3.63) is 78.8 Å². The summed E-state index contributed by atoms with van der Waals surface area (Å²) in [5.41, 5.74) is 5.32. The first-order valence-corrected chi connectivity index (χ1v) is 13.7. The lowest BCUT2D eigenvalue weighted by molar-refractivity contribution is -0.127. The maximum atomic E-state index is 13.4. The zero-order valence-corrected chi connectivity index (χ0v) is 23.3. The van der Waals surface area contributed by atoms with Gasteiger partial charge in [-0.1, -0.05) is 31.2 Å². The fourth-order valence-electron chi connectivity index (χ4n) is 5.41. The van der Waals surface area contributed by atoms with E-state index in [1.807, 2.05) is 62.5 Å². The number of benzene rings is 1. The minimum atomic E-state index is -0.420. The summed E-state index contributed by atoms with van der Waals surface area (Å²) in [4.78, 5) is 20.5. The molecule has 1 aliphatic rings. The van der Waals surface area contributed by atoms with Crippen molar-refractivity contribution in [3.8, 4) is 22.9 Å². The van der Waals surface area contributed by atoms with Crippen molar-refractivity contribution in [2.24, 2.45) is 5.41 Å². The molecular formula is C32H34N6O2. The molecule has 8 heteroatoms. The smallest absolute Gasteiger partial charge is 0.230 e. The van der Waals surface area contributed by atoms with Gasteiger partial charge in [-0.25, -0.2) is 9.50 Å². The number of nitriles is 1. The van der Waals surface area contributed by atoms with Crippen LogP contribution in [0.1, 0.15) is 51.2 Å². The molecule has 1 aromatic carbocycles. The van der Waals surface area contributed by atoms with Crippen molar-refractivity contribution < 1.29 is 9.53 Å². The third kappa shape index (κ3) is 5.15. The highest BCUT2D eigenvalue weighted by Crippen LogP contribution is 2.38. The van der Waals surface area contributed by atoms with E-state index >= 15 is 0 Å². The summed E-state index contributed by atoms with van der Waals surface area (Å²) in [7, 11) is 0. The van der Waals surface area contributed by atoms with Gasteiger partial charge in [0.15, 0.2) is 0 Å². The fraction of sp³-hybridized carbons (Fsp3) is 0.312. The van der Waals surface area contributed by atoms with Gasteiger partial charge in [-0.15, -0.1) is 0 Å². The summed E-state index contributed by atoms with van der Waals surface area (Å²) >= 11 is 0. The lowest BCUT2D eigenvalue weighted by atomic mass is 9.75. The minimum Gasteiger partial charge on any atom is -0.492 e. The average molecular weight is 535 g/mol. The van der Waals surface area contributed by atoms with Crippen molar-refractivity contribution >= 4 is 28.5 Å². The van der Waals surface area contributed by atoms with E-state index in [1.54, 1.807) is 16.9 Å². The van der Waals surface area contributed by atoms with Gasteiger partial charge >= 0.3 is 0 Å². The molecule has 1 N–H and O–H groups in total. The maximum Gasteiger partial charge on any atom is 0.230 e. The zero-order valence-electron chi connectivity index (χ0n) is 23.3. The first-order chi connectivity index (χ1) is 19.4. The van der Waals surface area contributed by atoms with Gasteiger partial charge in [0.2, 0.25) is 5.91 Å². The molecule has 1 fully saturated rings. The van der Waals surface area contributed by atoms with Crippen LogP contribution in [0.5, 0.6) is 5.75 Å². The molecule has 1 aliphatic heterocycles. The zero-order chi connectivity index (χ0) is 28.3. The van der Waals surface area contributed by atoms with E-state index in [1.165, 1.54) is 0 Å². The molecule has 1 amide bonds. The van der Waals surface area contributed by atoms with Crippen LogP contribution in [0.3, 0.4) is 0 Å². The number of fused-ring (bicyclic) bond motifs is 1. The number of aromatic nitrogens is 3. The summed E-state index contributed by atoms with van der Waals surface area (Å²) in [5.74, 6) is 1.62. The first kappa shape index (κ1) is 26.9. The second-order valence-corrected chi connectivity index (χ2v) is 10.3. The van der Waals surface area contributed by atoms with Gasteiger partial charge in [0.1, 0.15) is 17.6 Å². The van der Waals surface area contributed by atoms with Crippen LogP contribution in [-0.2, 0) is 4.79 Å². The Kier molecular flexibility index (Phi) is 7.56. The Bertz CT molecular complexity index is 1590. The maximum absolute atomic E-state index is 13.4. The molecule has 0 spiro atoms. The number of ether oxygens (including phenoxy) is 1. The first-order valence-electron chi connectivity index (χ1n) is 13.7. The number of nitrogens with one attached hydrogen (secondary N) is 1. The molecule has 204 valence electrons. The van der Waals surface area contributed by atoms with Gasteiger partial charge in [-0.2, -0.15) is 10.4 Å². The fourth-order valence-corrected chi connectivity index (χ4v) is 5.41. The highest BCUT2D eigenvalue weighted by Gasteiger charge is 2.40. The molecule has 40 heavy (non-hydrogen) atoms. The summed E-state index contributed by atoms with van der Waals surface area (Å²) in [6.45, 7) is 12.0. The Morgan fingerprint density at radius 2 is 1.98 bits per heavy atom. The van der Waals surface area contributed by atoms with Gasteiger partial charge in [0.25, 0.3) is 0 Å². The molecule has 0 atom stereocenters. The van der Waals surface area contributed by atoms with Crippen molar-refractivity contribution in [2.45, 2.75) is 40.0 Å². The second kappa shape index (κ2) is 11.2. The van der Waals surface area contributed by atoms with Crippen LogP contribution in [0.15, 0.2) is 67.6 Å². The lowest BCUT2D eigenvalue weighted by Crippen LogP contribution is -2.46. The normalized spacial score (nSPS) is 14.5. The Balaban J connectivity index is 1.32. The summed E-state index contributed by atoms with van der Waals surface area (Å²) in [5, 5.41) is 17.1. The van der Waals surface area contributed by atoms with E-state index < -0.39 is 5.41 Å². The van der Waals surface area contributed by atoms with Crippen LogP contribution in [0.4, 0.5) is 11.5 Å². The van der Waals surface area contributed by atoms with Crippen LogP contribution < -0.4 is 15.0 Å². The summed E-state index contributed by atoms with van der Waals surface area (Å²) < 4.78 is 7.41. The quantitative estimate of drug-likeness (QED) is 0.284. The number of piperidine rings is 1. The third-order valence-electron chi connectivity index (χ3n) is 7.89. The van der Waals surface area contributed by atoms with E-state index in [9.17, 15) is 10.1 Å². The average Bonchev–Trinajstić information content (AvgIpc) is 3.40. The van der Waals surface area contributed by atoms with E-state index in [2.05, 4.69) is 34.9 Å². The molecular weight excluding hydrogens is 500 g/mol. The summed E-state index contributed by atoms with van der Waals surface area (Å²) in [6.07, 6.45) is 7.45. The Hall–Kier alpha value is -4.64. The molecule has 4 heterocycles. The molecule has 0 aliphatic carbocycles. The monoisotopic (exact) mass is 534 g/mol. The van der Waals surface area contributed by atoms with Crippen molar-refractivity contribution in [1.29, 1.82) is 5.26 Å². The molecule has 3 aromatic heterocycles. The van der Waals surface area contributed by atoms with Crippen molar-refractivity contribution in [2.75, 3.05) is 29.9 Å². The lowest BCUT2D eigenvalue weighted by Gasteiger charge is -2.40. The standard InChI is InChI=1S/C32H34N6O2/c1-5-32(31(39)36-26-9-7-8-23(16-26)22(3)4)12-14-37(15-13-32)29-11-10-24(19-34-29)28-17-27(40-6-2)21-38-30(28)25(18-33)20-35-38/h7-11,16-17,19-21H,3,5-6,12-15H2,1-2,4H3,(H,36,39). The number of carbonyl (C=O) groups is 1. The van der Waals surface area contributed by atoms with Crippen molar-refractivity contribution in [1.82, 2.24) is 14.6 Å². The number of amides is 1. The predicted molar refractivity (Wildman–Crippen MR) is 158 cm³/mol. The van der Waals surface area contributed by atoms with Crippen LogP contribution in [0, 0.1) is 16.7 Å². The number of pyridine rings is 2. The molecule has 5 rings (SSSR count). The van der Waals surface area contributed by atoms with Gasteiger partial charge < -0.3 is 15.0 Å². The number of hydrogen-bond acceptors (Lipinski definition) is 6. The topological polar surface area (TPSA) is 95.5 Å². The van der Waals surface area contributed by atoms with Crippen LogP contribution in [0.2, 0.25) is 0 Å². The molecule has 4 aromatic rings. The van der Waals surface area contributed by atoms with Gasteiger partial charge in [-0.05, 0) is 69.0 Å². The van der Waals surface area contributed by atoms with E-state index in [-0.39, 0.29) is 5.91 Å². The molecule has 0 bridgehead atoms. The summed E-state index contributed by atoms with van der Waals surface area (Å²) in [6, 6.07) is 16.0. The van der Waals surface area contributed by atoms with Crippen LogP contribution >= 0.6 is 0 Å². The molecule has 8 nitrogen and oxygen atoms in total. The molecule has 0 saturated carbocycles. The Morgan fingerprint density at radius 1 is 1.18 bits per heavy atom. The van der Waals surface area contributed by atoms with E-state index in [0.717, 1.165) is 71.6 Å². The highest BCUT2D eigenvalue weighted by molar-refractivity contribution is 5.96. The number of rotatable bonds is 8. The molecule has 0 unspecified atom stereocenters. The Morgan fingerprint density at radius 3 is 2.62 bits per heavy atom.